The smallest absolute Gasteiger partial charge is 0.431 e. The second-order valence-electron chi connectivity index (χ2n) is 21.4. The average molecular weight is 1010 g/mol. The molecule has 13 atom stereocenters. The van der Waals surface area contributed by atoms with Crippen molar-refractivity contribution in [1.82, 2.24) is 31.2 Å². The summed E-state index contributed by atoms with van der Waals surface area (Å²) in [6, 6.07) is -5.12. The van der Waals surface area contributed by atoms with Gasteiger partial charge in [-0.05, 0) is 108 Å². The zero-order valence-corrected chi connectivity index (χ0v) is 42.5. The molecule has 2 unspecified atom stereocenters. The minimum absolute atomic E-state index is 0.111. The third kappa shape index (κ3) is 18.3. The van der Waals surface area contributed by atoms with E-state index in [0.29, 0.717) is 37.8 Å². The summed E-state index contributed by atoms with van der Waals surface area (Å²) < 4.78 is 45.7. The highest BCUT2D eigenvalue weighted by molar-refractivity contribution is 5.82. The SMILES string of the molecule is CN(C(=O)OC(C)(C)C)[C@@H]1[C@@H](O)[C@@H](O[C@@H]2[C@H](O)[C@H](ON(C(=O)O)[C@@H]3CC[C@@H](CNCCOC4CCCCO4)OC3)[C@@H](NC(=O)OC(C)(C)C)C[C@H]2NC(=O)C(O)CNC(=O)OC(C)(C)C)OC[C@]1(C)O. The Morgan fingerprint density at radius 2 is 1.46 bits per heavy atom. The number of nitrogens with one attached hydrogen (secondary N) is 4. The Labute approximate surface area is 409 Å². The number of rotatable bonds is 17. The Hall–Kier alpha value is -3.89. The van der Waals surface area contributed by atoms with Crippen LogP contribution in [0.2, 0.25) is 0 Å². The topological polar surface area (TPSA) is 324 Å². The maximum atomic E-state index is 13.7. The highest BCUT2D eigenvalue weighted by Crippen LogP contribution is 2.34. The molecule has 0 aromatic rings. The molecule has 3 saturated heterocycles. The maximum absolute atomic E-state index is 13.7. The number of amides is 5. The van der Waals surface area contributed by atoms with Gasteiger partial charge in [0.2, 0.25) is 0 Å². The van der Waals surface area contributed by atoms with Crippen LogP contribution in [0.3, 0.4) is 0 Å². The van der Waals surface area contributed by atoms with Crippen LogP contribution in [0.5, 0.6) is 0 Å². The Morgan fingerprint density at radius 1 is 0.814 bits per heavy atom. The van der Waals surface area contributed by atoms with E-state index in [1.54, 1.807) is 62.3 Å². The van der Waals surface area contributed by atoms with Crippen molar-refractivity contribution >= 4 is 30.3 Å². The van der Waals surface area contributed by atoms with Gasteiger partial charge < -0.3 is 89.6 Å². The van der Waals surface area contributed by atoms with Gasteiger partial charge in [0.1, 0.15) is 52.9 Å². The normalized spacial score (nSPS) is 31.3. The monoisotopic (exact) mass is 1010 g/mol. The number of nitrogens with zero attached hydrogens (tertiary/aromatic N) is 2. The first-order chi connectivity index (χ1) is 32.4. The third-order valence-electron chi connectivity index (χ3n) is 11.5. The third-order valence-corrected chi connectivity index (χ3v) is 11.5. The lowest BCUT2D eigenvalue weighted by Crippen LogP contribution is -2.71. The molecule has 4 fully saturated rings. The van der Waals surface area contributed by atoms with Gasteiger partial charge in [-0.2, -0.15) is 5.06 Å². The molecule has 0 aromatic carbocycles. The van der Waals surface area contributed by atoms with E-state index in [0.717, 1.165) is 24.2 Å². The first-order valence-electron chi connectivity index (χ1n) is 24.0. The number of hydroxylamine groups is 2. The van der Waals surface area contributed by atoms with E-state index in [1.165, 1.54) is 14.0 Å². The van der Waals surface area contributed by atoms with E-state index in [1.807, 2.05) is 0 Å². The molecule has 4 rings (SSSR count). The molecule has 1 aliphatic carbocycles. The summed E-state index contributed by atoms with van der Waals surface area (Å²) in [5.41, 5.74) is -4.76. The first kappa shape index (κ1) is 58.7. The summed E-state index contributed by atoms with van der Waals surface area (Å²) in [5.74, 6) is -1.09. The van der Waals surface area contributed by atoms with Gasteiger partial charge in [0.15, 0.2) is 12.6 Å². The number of hydrogen-bond acceptors (Lipinski definition) is 19. The van der Waals surface area contributed by atoms with Gasteiger partial charge in [-0.1, -0.05) is 0 Å². The van der Waals surface area contributed by atoms with Gasteiger partial charge in [0.05, 0.1) is 56.6 Å². The number of carboxylic acid groups (broad SMARTS) is 1. The molecule has 25 heteroatoms. The summed E-state index contributed by atoms with van der Waals surface area (Å²) in [6.45, 7) is 16.7. The van der Waals surface area contributed by atoms with Gasteiger partial charge in [-0.15, -0.1) is 0 Å². The lowest BCUT2D eigenvalue weighted by molar-refractivity contribution is -0.317. The fraction of sp³-hybridized carbons (Fsp3) is 0.889. The number of aliphatic hydroxyl groups is 4. The zero-order chi connectivity index (χ0) is 52.4. The predicted octanol–water partition coefficient (Wildman–Crippen LogP) is 1.06. The first-order valence-corrected chi connectivity index (χ1v) is 24.0. The molecule has 0 spiro atoms. The molecule has 70 heavy (non-hydrogen) atoms. The van der Waals surface area contributed by atoms with Gasteiger partial charge in [-0.3, -0.25) is 9.63 Å². The molecule has 1 saturated carbocycles. The van der Waals surface area contributed by atoms with Crippen molar-refractivity contribution in [3.63, 3.8) is 0 Å². The van der Waals surface area contributed by atoms with E-state index in [2.05, 4.69) is 21.3 Å². The number of alkyl carbamates (subject to hydrolysis) is 2. The lowest BCUT2D eigenvalue weighted by atomic mass is 9.83. The van der Waals surface area contributed by atoms with Crippen molar-refractivity contribution in [1.29, 1.82) is 0 Å². The molecule has 9 N–H and O–H groups in total. The quantitative estimate of drug-likeness (QED) is 0.0559. The van der Waals surface area contributed by atoms with Crippen LogP contribution in [0.25, 0.3) is 0 Å². The molecule has 3 aliphatic heterocycles. The standard InChI is InChI=1S/C45H80N6O19/c1-42(2,3)67-38(56)47-22-29(52)36(55)48-27-20-28(49-39(57)68-43(4,5)6)34(31(53)33(27)66-37-32(54)35(45(10,61)24-65-37)50(11)41(60)69-44(7,8)9)70-51(40(58)59)25-15-16-26(64-23-25)21-46-17-19-63-30-14-12-13-18-62-30/h25-35,37,46,52-54,61H,12-24H2,1-11H3,(H,47,56)(H,48,55)(H,49,57)(H,58,59)/t25-,26+,27-,28+,29?,30?,31+,32-,33+,34-,35-,37-,45+/m1/s1. The Balaban J connectivity index is 1.61. The molecule has 0 aromatic heterocycles. The molecular formula is C45H80N6O19. The summed E-state index contributed by atoms with van der Waals surface area (Å²) in [7, 11) is 1.29. The van der Waals surface area contributed by atoms with Gasteiger partial charge in [0.25, 0.3) is 5.91 Å². The predicted molar refractivity (Wildman–Crippen MR) is 245 cm³/mol. The number of hydrogen-bond donors (Lipinski definition) is 9. The molecule has 5 amide bonds. The van der Waals surface area contributed by atoms with Crippen LogP contribution in [0, 0.1) is 0 Å². The van der Waals surface area contributed by atoms with Crippen LogP contribution in [0.4, 0.5) is 19.2 Å². The van der Waals surface area contributed by atoms with Crippen molar-refractivity contribution in [3.8, 4) is 0 Å². The van der Waals surface area contributed by atoms with E-state index < -0.39 is 133 Å². The highest BCUT2D eigenvalue weighted by Gasteiger charge is 2.55. The minimum atomic E-state index is -2.00. The van der Waals surface area contributed by atoms with Crippen LogP contribution >= 0.6 is 0 Å². The average Bonchev–Trinajstić information content (AvgIpc) is 3.23. The minimum Gasteiger partial charge on any atom is -0.463 e. The summed E-state index contributed by atoms with van der Waals surface area (Å²) in [5, 5.41) is 68.5. The second-order valence-corrected chi connectivity index (χ2v) is 21.4. The van der Waals surface area contributed by atoms with Gasteiger partial charge in [0, 0.05) is 26.7 Å². The molecular weight excluding hydrogens is 929 g/mol. The van der Waals surface area contributed by atoms with Crippen molar-refractivity contribution < 1.29 is 92.2 Å². The van der Waals surface area contributed by atoms with Crippen LogP contribution in [-0.2, 0) is 47.5 Å². The number of carbonyl (C=O) groups is 5. The maximum Gasteiger partial charge on any atom is 0.431 e. The van der Waals surface area contributed by atoms with Gasteiger partial charge >= 0.3 is 24.4 Å². The molecule has 0 radical (unpaired) electrons. The van der Waals surface area contributed by atoms with E-state index >= 15 is 0 Å². The summed E-state index contributed by atoms with van der Waals surface area (Å²) >= 11 is 0. The fourth-order valence-corrected chi connectivity index (χ4v) is 8.37. The fourth-order valence-electron chi connectivity index (χ4n) is 8.37. The van der Waals surface area contributed by atoms with Crippen LogP contribution in [0.15, 0.2) is 0 Å². The van der Waals surface area contributed by atoms with Crippen molar-refractivity contribution in [2.24, 2.45) is 0 Å². The number of aliphatic hydroxyl groups excluding tert-OH is 3. The summed E-state index contributed by atoms with van der Waals surface area (Å²) in [6.07, 6.45) is -12.7. The van der Waals surface area contributed by atoms with Crippen molar-refractivity contribution in [2.45, 2.75) is 204 Å². The van der Waals surface area contributed by atoms with E-state index in [4.69, 9.17) is 42.7 Å². The van der Waals surface area contributed by atoms with E-state index in [-0.39, 0.29) is 25.4 Å². The van der Waals surface area contributed by atoms with Crippen molar-refractivity contribution in [3.05, 3.63) is 0 Å². The Morgan fingerprint density at radius 3 is 2.04 bits per heavy atom. The molecule has 4 aliphatic rings. The number of carbonyl (C=O) groups excluding carboxylic acids is 4. The number of ether oxygens (including phenoxy) is 8. The Bertz CT molecular complexity index is 1710. The molecule has 0 bridgehead atoms. The van der Waals surface area contributed by atoms with Crippen LogP contribution in [0.1, 0.15) is 108 Å². The summed E-state index contributed by atoms with van der Waals surface area (Å²) in [4.78, 5) is 72.8. The van der Waals surface area contributed by atoms with Crippen LogP contribution < -0.4 is 21.3 Å². The van der Waals surface area contributed by atoms with Gasteiger partial charge in [-0.25, -0.2) is 19.2 Å². The second kappa shape index (κ2) is 25.2. The Kier molecular flexibility index (Phi) is 21.1. The number of likely N-dealkylation sites (N-methyl/N-ethyl adjacent to an activating group) is 1. The van der Waals surface area contributed by atoms with Crippen LogP contribution in [-0.4, -0.2) is 215 Å². The lowest BCUT2D eigenvalue weighted by Gasteiger charge is -2.50. The zero-order valence-electron chi connectivity index (χ0n) is 42.5. The largest absolute Gasteiger partial charge is 0.463 e. The highest BCUT2D eigenvalue weighted by atomic mass is 16.7. The molecule has 404 valence electrons. The molecule has 25 nitrogen and oxygen atoms in total. The molecule has 3 heterocycles. The van der Waals surface area contributed by atoms with E-state index in [9.17, 15) is 49.5 Å². The van der Waals surface area contributed by atoms with Crippen molar-refractivity contribution in [2.75, 3.05) is 53.1 Å².